The lowest BCUT2D eigenvalue weighted by Gasteiger charge is -2.15. The fourth-order valence-corrected chi connectivity index (χ4v) is 3.41. The van der Waals surface area contributed by atoms with E-state index in [1.54, 1.807) is 23.1 Å². The zero-order valence-corrected chi connectivity index (χ0v) is 13.7. The minimum absolute atomic E-state index is 0.0103. The van der Waals surface area contributed by atoms with Crippen molar-refractivity contribution in [2.75, 3.05) is 14.2 Å². The summed E-state index contributed by atoms with van der Waals surface area (Å²) in [6.45, 7) is 6.31. The number of aromatic nitrogens is 3. The highest BCUT2D eigenvalue weighted by molar-refractivity contribution is 7.09. The number of nitrogens with zero attached hydrogens (tertiary/aromatic N) is 3. The number of thiazole rings is 1. The molecule has 2 aromatic heterocycles. The molecule has 110 valence electrons. The van der Waals surface area contributed by atoms with E-state index in [4.69, 9.17) is 9.72 Å². The number of nitrogens with one attached hydrogen (secondary N) is 1. The minimum Gasteiger partial charge on any atom is -0.481 e. The van der Waals surface area contributed by atoms with E-state index in [9.17, 15) is 0 Å². The Bertz CT molecular complexity index is 588. The van der Waals surface area contributed by atoms with E-state index >= 15 is 0 Å². The molecular formula is C14H22N4OS. The Labute approximate surface area is 124 Å². The highest BCUT2D eigenvalue weighted by Crippen LogP contribution is 2.34. The highest BCUT2D eigenvalue weighted by atomic mass is 32.1. The van der Waals surface area contributed by atoms with Crippen molar-refractivity contribution in [3.8, 4) is 5.88 Å². The molecule has 5 nitrogen and oxygen atoms in total. The third-order valence-corrected chi connectivity index (χ3v) is 4.29. The summed E-state index contributed by atoms with van der Waals surface area (Å²) in [4.78, 5) is 4.75. The maximum atomic E-state index is 5.49. The Morgan fingerprint density at radius 2 is 2.10 bits per heavy atom. The van der Waals surface area contributed by atoms with Crippen LogP contribution in [-0.4, -0.2) is 28.9 Å². The molecule has 1 atom stereocenters. The predicted molar refractivity (Wildman–Crippen MR) is 81.6 cm³/mol. The van der Waals surface area contributed by atoms with Crippen molar-refractivity contribution in [3.05, 3.63) is 27.3 Å². The van der Waals surface area contributed by atoms with Crippen LogP contribution in [0.25, 0.3) is 0 Å². The average Bonchev–Trinajstić information content (AvgIpc) is 2.97. The van der Waals surface area contributed by atoms with E-state index in [0.717, 1.165) is 27.8 Å². The lowest BCUT2D eigenvalue weighted by Crippen LogP contribution is -2.19. The molecule has 0 bridgehead atoms. The Morgan fingerprint density at radius 3 is 2.60 bits per heavy atom. The summed E-state index contributed by atoms with van der Waals surface area (Å²) in [6, 6.07) is 0.0103. The van der Waals surface area contributed by atoms with E-state index in [2.05, 4.69) is 29.6 Å². The first-order valence-electron chi connectivity index (χ1n) is 6.69. The standard InChI is InChI=1S/C14H22N4OS/c1-8(2)10-7-20-13(16-10)12(15-4)11-9(3)17-18(5)14(11)19-6/h7-8,12,15H,1-6H3. The first-order valence-corrected chi connectivity index (χ1v) is 7.57. The van der Waals surface area contributed by atoms with E-state index < -0.39 is 0 Å². The van der Waals surface area contributed by atoms with Gasteiger partial charge in [0.15, 0.2) is 0 Å². The third-order valence-electron chi connectivity index (χ3n) is 3.36. The zero-order chi connectivity index (χ0) is 14.9. The molecule has 20 heavy (non-hydrogen) atoms. The molecular weight excluding hydrogens is 272 g/mol. The van der Waals surface area contributed by atoms with Crippen molar-refractivity contribution >= 4 is 11.3 Å². The molecule has 2 aromatic rings. The summed E-state index contributed by atoms with van der Waals surface area (Å²) in [5.41, 5.74) is 3.15. The molecule has 6 heteroatoms. The molecule has 1 N–H and O–H groups in total. The topological polar surface area (TPSA) is 52.0 Å². The summed E-state index contributed by atoms with van der Waals surface area (Å²) in [5, 5.41) is 11.0. The average molecular weight is 294 g/mol. The summed E-state index contributed by atoms with van der Waals surface area (Å²) < 4.78 is 7.26. The van der Waals surface area contributed by atoms with Gasteiger partial charge in [-0.25, -0.2) is 9.67 Å². The van der Waals surface area contributed by atoms with Crippen LogP contribution in [0.2, 0.25) is 0 Å². The van der Waals surface area contributed by atoms with Crippen molar-refractivity contribution < 1.29 is 4.74 Å². The SMILES string of the molecule is CNC(c1nc(C(C)C)cs1)c1c(C)nn(C)c1OC. The summed E-state index contributed by atoms with van der Waals surface area (Å²) in [5.74, 6) is 1.22. The van der Waals surface area contributed by atoms with Gasteiger partial charge in [0.25, 0.3) is 0 Å². The Morgan fingerprint density at radius 1 is 1.40 bits per heavy atom. The van der Waals surface area contributed by atoms with Crippen LogP contribution < -0.4 is 10.1 Å². The second-order valence-corrected chi connectivity index (χ2v) is 6.01. The van der Waals surface area contributed by atoms with Gasteiger partial charge in [0.2, 0.25) is 5.88 Å². The van der Waals surface area contributed by atoms with Gasteiger partial charge in [-0.3, -0.25) is 0 Å². The monoisotopic (exact) mass is 294 g/mol. The van der Waals surface area contributed by atoms with Crippen LogP contribution in [0.15, 0.2) is 5.38 Å². The van der Waals surface area contributed by atoms with E-state index in [1.807, 2.05) is 21.0 Å². The molecule has 2 heterocycles. The quantitative estimate of drug-likeness (QED) is 0.921. The fourth-order valence-electron chi connectivity index (χ4n) is 2.32. The molecule has 0 aliphatic carbocycles. The van der Waals surface area contributed by atoms with E-state index in [0.29, 0.717) is 5.92 Å². The van der Waals surface area contributed by atoms with Gasteiger partial charge in [-0.15, -0.1) is 11.3 Å². The Kier molecular flexibility index (Phi) is 4.45. The first kappa shape index (κ1) is 15.0. The van der Waals surface area contributed by atoms with Crippen LogP contribution in [0.5, 0.6) is 5.88 Å². The van der Waals surface area contributed by atoms with Crippen LogP contribution in [0.3, 0.4) is 0 Å². The molecule has 0 aliphatic heterocycles. The number of hydrogen-bond acceptors (Lipinski definition) is 5. The van der Waals surface area contributed by atoms with Crippen LogP contribution >= 0.6 is 11.3 Å². The molecule has 0 radical (unpaired) electrons. The number of ether oxygens (including phenoxy) is 1. The van der Waals surface area contributed by atoms with Gasteiger partial charge in [-0.1, -0.05) is 13.8 Å². The molecule has 0 fully saturated rings. The lowest BCUT2D eigenvalue weighted by atomic mass is 10.1. The smallest absolute Gasteiger partial charge is 0.216 e. The van der Waals surface area contributed by atoms with Gasteiger partial charge < -0.3 is 10.1 Å². The highest BCUT2D eigenvalue weighted by Gasteiger charge is 2.26. The molecule has 0 saturated carbocycles. The molecule has 1 unspecified atom stereocenters. The summed E-state index contributed by atoms with van der Waals surface area (Å²) in [7, 11) is 5.50. The molecule has 0 amide bonds. The lowest BCUT2D eigenvalue weighted by molar-refractivity contribution is 0.366. The number of rotatable bonds is 5. The number of aryl methyl sites for hydroxylation is 2. The maximum absolute atomic E-state index is 5.49. The van der Waals surface area contributed by atoms with Crippen molar-refractivity contribution in [3.63, 3.8) is 0 Å². The second kappa shape index (κ2) is 5.93. The second-order valence-electron chi connectivity index (χ2n) is 5.12. The van der Waals surface area contributed by atoms with E-state index in [1.165, 1.54) is 0 Å². The fraction of sp³-hybridized carbons (Fsp3) is 0.571. The summed E-state index contributed by atoms with van der Waals surface area (Å²) in [6.07, 6.45) is 0. The van der Waals surface area contributed by atoms with Crippen LogP contribution in [0.1, 0.15) is 47.8 Å². The van der Waals surface area contributed by atoms with Crippen molar-refractivity contribution in [1.29, 1.82) is 0 Å². The summed E-state index contributed by atoms with van der Waals surface area (Å²) >= 11 is 1.68. The van der Waals surface area contributed by atoms with Crippen molar-refractivity contribution in [2.45, 2.75) is 32.7 Å². The molecule has 0 saturated heterocycles. The molecule has 0 aliphatic rings. The van der Waals surface area contributed by atoms with Gasteiger partial charge in [0.1, 0.15) is 5.01 Å². The molecule has 0 aromatic carbocycles. The Hall–Kier alpha value is -1.40. The Balaban J connectivity index is 2.46. The minimum atomic E-state index is 0.0103. The molecule has 2 rings (SSSR count). The van der Waals surface area contributed by atoms with Crippen LogP contribution in [0.4, 0.5) is 0 Å². The number of methoxy groups -OCH3 is 1. The van der Waals surface area contributed by atoms with E-state index in [-0.39, 0.29) is 6.04 Å². The van der Waals surface area contributed by atoms with Crippen LogP contribution in [0, 0.1) is 6.92 Å². The zero-order valence-electron chi connectivity index (χ0n) is 12.9. The third kappa shape index (κ3) is 2.58. The van der Waals surface area contributed by atoms with Gasteiger partial charge in [0, 0.05) is 12.4 Å². The van der Waals surface area contributed by atoms with Crippen molar-refractivity contribution in [2.24, 2.45) is 7.05 Å². The maximum Gasteiger partial charge on any atom is 0.216 e. The molecule has 0 spiro atoms. The largest absolute Gasteiger partial charge is 0.481 e. The van der Waals surface area contributed by atoms with Crippen LogP contribution in [-0.2, 0) is 7.05 Å². The first-order chi connectivity index (χ1) is 9.49. The van der Waals surface area contributed by atoms with Crippen molar-refractivity contribution in [1.82, 2.24) is 20.1 Å². The van der Waals surface area contributed by atoms with Gasteiger partial charge in [0.05, 0.1) is 30.1 Å². The van der Waals surface area contributed by atoms with Gasteiger partial charge in [-0.05, 0) is 19.9 Å². The van der Waals surface area contributed by atoms with Gasteiger partial charge in [-0.2, -0.15) is 5.10 Å². The van der Waals surface area contributed by atoms with Gasteiger partial charge >= 0.3 is 0 Å². The number of hydrogen-bond donors (Lipinski definition) is 1. The predicted octanol–water partition coefficient (Wildman–Crippen LogP) is 2.63. The normalized spacial score (nSPS) is 12.9.